The van der Waals surface area contributed by atoms with E-state index in [1.165, 1.54) is 4.90 Å². The van der Waals surface area contributed by atoms with Crippen LogP contribution in [0.1, 0.15) is 46.9 Å². The van der Waals surface area contributed by atoms with E-state index < -0.39 is 31.2 Å². The molecule has 1 aliphatic carbocycles. The van der Waals surface area contributed by atoms with Gasteiger partial charge in [-0.05, 0) is 19.7 Å². The molecule has 26 heavy (non-hydrogen) atoms. The topological polar surface area (TPSA) is 80.5 Å². The zero-order chi connectivity index (χ0) is 21.1. The second kappa shape index (κ2) is 5.79. The van der Waals surface area contributed by atoms with Crippen molar-refractivity contribution < 1.29 is 22.8 Å². The van der Waals surface area contributed by atoms with Gasteiger partial charge in [0.2, 0.25) is 0 Å². The average Bonchev–Trinajstić information content (AvgIpc) is 2.83. The summed E-state index contributed by atoms with van der Waals surface area (Å²) in [7, 11) is 0. The van der Waals surface area contributed by atoms with E-state index in [2.05, 4.69) is 4.98 Å². The van der Waals surface area contributed by atoms with Crippen LogP contribution in [0, 0.1) is 17.2 Å². The fraction of sp³-hybridized carbons (Fsp3) is 0.611. The van der Waals surface area contributed by atoms with E-state index in [1.54, 1.807) is 4.90 Å². The summed E-state index contributed by atoms with van der Waals surface area (Å²) in [5, 5.41) is 18.6. The third-order valence-corrected chi connectivity index (χ3v) is 5.44. The molecule has 0 amide bonds. The summed E-state index contributed by atoms with van der Waals surface area (Å²) in [6.45, 7) is -1.22. The Kier molecular flexibility index (Phi) is 3.06. The molecule has 3 heterocycles. The lowest BCUT2D eigenvalue weighted by atomic mass is 9.94. The molecule has 0 spiro atoms. The number of aromatic nitrogens is 1. The van der Waals surface area contributed by atoms with Crippen LogP contribution in [-0.2, 0) is 17.1 Å². The van der Waals surface area contributed by atoms with E-state index in [4.69, 9.17) is 9.22 Å². The summed E-state index contributed by atoms with van der Waals surface area (Å²) in [5.41, 5.74) is -0.282. The van der Waals surface area contributed by atoms with Crippen LogP contribution < -0.4 is 9.80 Å². The van der Waals surface area contributed by atoms with Crippen molar-refractivity contribution in [1.82, 2.24) is 4.98 Å². The van der Waals surface area contributed by atoms with Gasteiger partial charge in [-0.3, -0.25) is 4.79 Å². The number of aliphatic carboxylic acids is 1. The van der Waals surface area contributed by atoms with E-state index in [-0.39, 0.29) is 35.7 Å². The first-order chi connectivity index (χ1) is 13.5. The van der Waals surface area contributed by atoms with Crippen LogP contribution in [-0.4, -0.2) is 41.7 Å². The molecule has 1 N–H and O–H groups in total. The second-order valence-electron chi connectivity index (χ2n) is 7.17. The largest absolute Gasteiger partial charge is 0.481 e. The third-order valence-electron chi connectivity index (χ3n) is 5.44. The highest BCUT2D eigenvalue weighted by Gasteiger charge is 2.47. The normalized spacial score (nSPS) is 26.0. The minimum absolute atomic E-state index is 0.00288. The van der Waals surface area contributed by atoms with Gasteiger partial charge in [-0.2, -0.15) is 5.26 Å². The molecule has 0 bridgehead atoms. The molecule has 2 fully saturated rings. The first kappa shape index (κ1) is 13.7. The number of nitriles is 1. The van der Waals surface area contributed by atoms with Gasteiger partial charge in [-0.25, -0.2) is 13.8 Å². The lowest BCUT2D eigenvalue weighted by molar-refractivity contribution is -0.138. The van der Waals surface area contributed by atoms with Gasteiger partial charge in [0.05, 0.1) is 6.42 Å². The molecule has 2 aliphatic heterocycles. The number of carboxylic acids is 1. The molecule has 1 aromatic rings. The van der Waals surface area contributed by atoms with Gasteiger partial charge in [-0.1, -0.05) is 0 Å². The third kappa shape index (κ3) is 2.49. The molecular weight excluding hydrogens is 342 g/mol. The summed E-state index contributed by atoms with van der Waals surface area (Å²) in [4.78, 5) is 18.6. The predicted octanol–water partition coefficient (Wildman–Crippen LogP) is 2.50. The molecule has 2 saturated heterocycles. The van der Waals surface area contributed by atoms with Gasteiger partial charge in [-0.15, -0.1) is 0 Å². The Balaban J connectivity index is 1.77. The minimum Gasteiger partial charge on any atom is -0.481 e. The fourth-order valence-corrected chi connectivity index (χ4v) is 3.98. The smallest absolute Gasteiger partial charge is 0.303 e. The Morgan fingerprint density at radius 1 is 1.50 bits per heavy atom. The quantitative estimate of drug-likeness (QED) is 0.883. The number of anilines is 2. The molecule has 8 heteroatoms. The van der Waals surface area contributed by atoms with Crippen LogP contribution >= 0.6 is 0 Å². The number of carbonyl (C=O) groups is 1. The number of alkyl halides is 2. The number of hydrogen-bond donors (Lipinski definition) is 1. The summed E-state index contributed by atoms with van der Waals surface area (Å²) >= 11 is 0. The number of carboxylic acid groups (broad SMARTS) is 1. The lowest BCUT2D eigenvalue weighted by Crippen LogP contribution is -2.50. The molecule has 0 aromatic carbocycles. The van der Waals surface area contributed by atoms with Gasteiger partial charge < -0.3 is 14.9 Å². The Labute approximate surface area is 154 Å². The highest BCUT2D eigenvalue weighted by atomic mass is 19.3. The molecule has 0 radical (unpaired) electrons. The van der Waals surface area contributed by atoms with Crippen LogP contribution in [0.5, 0.6) is 0 Å². The van der Waals surface area contributed by atoms with Gasteiger partial charge in [0, 0.05) is 53.3 Å². The van der Waals surface area contributed by atoms with E-state index >= 15 is 0 Å². The van der Waals surface area contributed by atoms with Crippen molar-refractivity contribution in [3.8, 4) is 6.07 Å². The monoisotopic (exact) mass is 365 g/mol. The van der Waals surface area contributed by atoms with Crippen molar-refractivity contribution in [3.63, 3.8) is 0 Å². The van der Waals surface area contributed by atoms with Crippen LogP contribution in [0.2, 0.25) is 0 Å². The zero-order valence-electron chi connectivity index (χ0n) is 17.0. The van der Waals surface area contributed by atoms with E-state index in [0.717, 1.165) is 0 Å². The summed E-state index contributed by atoms with van der Waals surface area (Å²) in [6.07, 6.45) is 0.00809. The van der Waals surface area contributed by atoms with Crippen molar-refractivity contribution in [2.45, 2.75) is 44.5 Å². The lowest BCUT2D eigenvalue weighted by Gasteiger charge is -2.43. The first-order valence-corrected chi connectivity index (χ1v) is 8.61. The van der Waals surface area contributed by atoms with Crippen molar-refractivity contribution in [2.75, 3.05) is 29.4 Å². The standard InChI is InChI=1S/C18H20F2N4O2/c1-10-3-5-24(10)17-13(7-21)15-12(2-4-18(15,19)20)16(22-17)23-8-11(9-23)6-14(25)26/h10-11H,2-6,8-9H2,1H3,(H,25,26)/i1D3. The van der Waals surface area contributed by atoms with Crippen LogP contribution in [0.3, 0.4) is 0 Å². The maximum atomic E-state index is 14.7. The molecule has 1 aromatic heterocycles. The van der Waals surface area contributed by atoms with E-state index in [0.29, 0.717) is 37.4 Å². The number of rotatable bonds is 4. The van der Waals surface area contributed by atoms with Gasteiger partial charge in [0.1, 0.15) is 23.3 Å². The number of halogens is 2. The summed E-state index contributed by atoms with van der Waals surface area (Å²) in [6, 6.07) is 0.984. The second-order valence-corrected chi connectivity index (χ2v) is 7.17. The van der Waals surface area contributed by atoms with Crippen molar-refractivity contribution in [1.29, 1.82) is 5.26 Å². The highest BCUT2D eigenvalue weighted by molar-refractivity contribution is 5.71. The summed E-state index contributed by atoms with van der Waals surface area (Å²) < 4.78 is 52.4. The SMILES string of the molecule is [2H]C([2H])([2H])C1CCN1c1nc(N2CC(CC(=O)O)C2)c2c(c1C#N)C(F)(F)CC2. The van der Waals surface area contributed by atoms with Crippen molar-refractivity contribution in [2.24, 2.45) is 5.92 Å². The number of nitrogens with zero attached hydrogens (tertiary/aromatic N) is 4. The first-order valence-electron chi connectivity index (χ1n) is 10.1. The van der Waals surface area contributed by atoms with Gasteiger partial charge in [0.15, 0.2) is 0 Å². The molecule has 1 atom stereocenters. The average molecular weight is 365 g/mol. The number of fused-ring (bicyclic) bond motifs is 1. The molecule has 138 valence electrons. The summed E-state index contributed by atoms with van der Waals surface area (Å²) in [5.74, 6) is -3.87. The van der Waals surface area contributed by atoms with Crippen molar-refractivity contribution in [3.05, 3.63) is 16.7 Å². The van der Waals surface area contributed by atoms with Crippen LogP contribution in [0.25, 0.3) is 0 Å². The highest BCUT2D eigenvalue weighted by Crippen LogP contribution is 2.49. The predicted molar refractivity (Wildman–Crippen MR) is 90.5 cm³/mol. The van der Waals surface area contributed by atoms with Crippen molar-refractivity contribution >= 4 is 17.6 Å². The minimum atomic E-state index is -3.18. The Morgan fingerprint density at radius 2 is 2.27 bits per heavy atom. The molecule has 6 nitrogen and oxygen atoms in total. The Morgan fingerprint density at radius 3 is 2.85 bits per heavy atom. The Bertz CT molecular complexity index is 910. The molecule has 3 aliphatic rings. The zero-order valence-corrected chi connectivity index (χ0v) is 14.0. The van der Waals surface area contributed by atoms with E-state index in [9.17, 15) is 18.8 Å². The maximum Gasteiger partial charge on any atom is 0.303 e. The Hall–Kier alpha value is -2.43. The van der Waals surface area contributed by atoms with Crippen LogP contribution in [0.15, 0.2) is 0 Å². The fourth-order valence-electron chi connectivity index (χ4n) is 3.98. The number of hydrogen-bond acceptors (Lipinski definition) is 5. The molecule has 0 saturated carbocycles. The van der Waals surface area contributed by atoms with E-state index in [1.807, 2.05) is 6.07 Å². The molecular formula is C18H20F2N4O2. The maximum absolute atomic E-state index is 14.7. The molecule has 4 rings (SSSR count). The molecule has 1 unspecified atom stereocenters. The van der Waals surface area contributed by atoms with Gasteiger partial charge in [0.25, 0.3) is 5.92 Å². The van der Waals surface area contributed by atoms with Gasteiger partial charge >= 0.3 is 5.97 Å². The van der Waals surface area contributed by atoms with Crippen LogP contribution in [0.4, 0.5) is 20.4 Å². The number of pyridine rings is 1.